The minimum absolute atomic E-state index is 0.0477. The zero-order valence-electron chi connectivity index (χ0n) is 11.0. The molecule has 2 unspecified atom stereocenters. The van der Waals surface area contributed by atoms with Crippen LogP contribution in [0, 0.1) is 5.92 Å². The van der Waals surface area contributed by atoms with Crippen LogP contribution in [0.5, 0.6) is 0 Å². The summed E-state index contributed by atoms with van der Waals surface area (Å²) >= 11 is 0. The van der Waals surface area contributed by atoms with Crippen molar-refractivity contribution in [3.05, 3.63) is 0 Å². The lowest BCUT2D eigenvalue weighted by Crippen LogP contribution is -2.44. The van der Waals surface area contributed by atoms with Crippen molar-refractivity contribution in [1.29, 1.82) is 0 Å². The number of nitrogens with zero attached hydrogens (tertiary/aromatic N) is 1. The quantitative estimate of drug-likeness (QED) is 0.737. The van der Waals surface area contributed by atoms with Gasteiger partial charge in [0.15, 0.2) is 0 Å². The summed E-state index contributed by atoms with van der Waals surface area (Å²) in [6.07, 6.45) is 0.496. The Bertz CT molecular complexity index is 354. The maximum Gasteiger partial charge on any atom is 0.326 e. The van der Waals surface area contributed by atoms with E-state index in [1.807, 2.05) is 13.8 Å². The molecule has 2 amide bonds. The number of hydrogen-bond donors (Lipinski definition) is 2. The van der Waals surface area contributed by atoms with E-state index in [1.54, 1.807) is 11.8 Å². The lowest BCUT2D eigenvalue weighted by molar-refractivity contribution is -0.142. The maximum atomic E-state index is 11.9. The van der Waals surface area contributed by atoms with Gasteiger partial charge in [0.1, 0.15) is 6.04 Å². The van der Waals surface area contributed by atoms with E-state index in [2.05, 4.69) is 5.32 Å². The minimum atomic E-state index is -1.05. The number of carbonyl (C=O) groups excluding carboxylic acids is 2. The molecule has 1 saturated heterocycles. The molecular formula is C12H20N2O4. The lowest BCUT2D eigenvalue weighted by Gasteiger charge is -2.21. The van der Waals surface area contributed by atoms with E-state index in [0.717, 1.165) is 0 Å². The number of carboxylic acid groups (broad SMARTS) is 1. The Morgan fingerprint density at radius 1 is 1.50 bits per heavy atom. The Morgan fingerprint density at radius 2 is 2.11 bits per heavy atom. The molecule has 102 valence electrons. The Morgan fingerprint density at radius 3 is 2.50 bits per heavy atom. The van der Waals surface area contributed by atoms with Gasteiger partial charge in [0.05, 0.1) is 5.92 Å². The molecule has 2 atom stereocenters. The molecule has 18 heavy (non-hydrogen) atoms. The highest BCUT2D eigenvalue weighted by Gasteiger charge is 2.36. The van der Waals surface area contributed by atoms with Gasteiger partial charge in [0.25, 0.3) is 0 Å². The van der Waals surface area contributed by atoms with Crippen LogP contribution in [-0.2, 0) is 14.4 Å². The van der Waals surface area contributed by atoms with Crippen molar-refractivity contribution < 1.29 is 19.5 Å². The predicted molar refractivity (Wildman–Crippen MR) is 64.8 cm³/mol. The Balaban J connectivity index is 2.59. The number of aliphatic carboxylic acids is 1. The molecule has 1 aliphatic rings. The van der Waals surface area contributed by atoms with Gasteiger partial charge in [0, 0.05) is 19.0 Å². The molecule has 0 saturated carbocycles. The van der Waals surface area contributed by atoms with Gasteiger partial charge in [-0.2, -0.15) is 0 Å². The third-order valence-electron chi connectivity index (χ3n) is 3.18. The van der Waals surface area contributed by atoms with Crippen LogP contribution < -0.4 is 5.32 Å². The van der Waals surface area contributed by atoms with Gasteiger partial charge in [-0.05, 0) is 20.3 Å². The molecule has 0 aliphatic carbocycles. The van der Waals surface area contributed by atoms with E-state index in [0.29, 0.717) is 13.0 Å². The molecule has 1 rings (SSSR count). The van der Waals surface area contributed by atoms with Crippen LogP contribution >= 0.6 is 0 Å². The standard InChI is InChI=1S/C12H20N2O4/c1-4-9(12(17)18)13-11(16)8-5-10(15)14(6-8)7(2)3/h7-9H,4-6H2,1-3H3,(H,13,16)(H,17,18). The van der Waals surface area contributed by atoms with Crippen LogP contribution in [0.15, 0.2) is 0 Å². The van der Waals surface area contributed by atoms with Crippen molar-refractivity contribution in [3.63, 3.8) is 0 Å². The summed E-state index contributed by atoms with van der Waals surface area (Å²) in [5.41, 5.74) is 0. The molecule has 0 aromatic carbocycles. The molecule has 0 spiro atoms. The van der Waals surface area contributed by atoms with E-state index in [9.17, 15) is 14.4 Å². The summed E-state index contributed by atoms with van der Waals surface area (Å²) in [7, 11) is 0. The summed E-state index contributed by atoms with van der Waals surface area (Å²) in [6, 6.07) is -0.808. The SMILES string of the molecule is CCC(NC(=O)C1CC(=O)N(C(C)C)C1)C(=O)O. The zero-order chi connectivity index (χ0) is 13.9. The largest absolute Gasteiger partial charge is 0.480 e. The van der Waals surface area contributed by atoms with Gasteiger partial charge >= 0.3 is 5.97 Å². The van der Waals surface area contributed by atoms with Crippen LogP contribution in [0.2, 0.25) is 0 Å². The molecular weight excluding hydrogens is 236 g/mol. The molecule has 0 radical (unpaired) electrons. The molecule has 6 nitrogen and oxygen atoms in total. The number of likely N-dealkylation sites (tertiary alicyclic amines) is 1. The number of nitrogens with one attached hydrogen (secondary N) is 1. The Kier molecular flexibility index (Phi) is 4.69. The zero-order valence-corrected chi connectivity index (χ0v) is 11.0. The molecule has 1 aliphatic heterocycles. The van der Waals surface area contributed by atoms with Crippen molar-refractivity contribution in [2.45, 2.75) is 45.7 Å². The van der Waals surface area contributed by atoms with Gasteiger partial charge in [-0.3, -0.25) is 9.59 Å². The monoisotopic (exact) mass is 256 g/mol. The first-order chi connectivity index (χ1) is 8.36. The van der Waals surface area contributed by atoms with Crippen molar-refractivity contribution in [2.24, 2.45) is 5.92 Å². The highest BCUT2D eigenvalue weighted by Crippen LogP contribution is 2.20. The van der Waals surface area contributed by atoms with Crippen LogP contribution in [0.4, 0.5) is 0 Å². The summed E-state index contributed by atoms with van der Waals surface area (Å²) in [6.45, 7) is 5.85. The van der Waals surface area contributed by atoms with E-state index < -0.39 is 17.9 Å². The average Bonchev–Trinajstić information content (AvgIpc) is 2.67. The Hall–Kier alpha value is -1.59. The van der Waals surface area contributed by atoms with Crippen molar-refractivity contribution in [1.82, 2.24) is 10.2 Å². The fourth-order valence-corrected chi connectivity index (χ4v) is 2.03. The van der Waals surface area contributed by atoms with Gasteiger partial charge in [-0.15, -0.1) is 0 Å². The second kappa shape index (κ2) is 5.84. The maximum absolute atomic E-state index is 11.9. The van der Waals surface area contributed by atoms with Gasteiger partial charge in [-0.25, -0.2) is 4.79 Å². The summed E-state index contributed by atoms with van der Waals surface area (Å²) < 4.78 is 0. The van der Waals surface area contributed by atoms with Gasteiger partial charge < -0.3 is 15.3 Å². The molecule has 2 N–H and O–H groups in total. The fourth-order valence-electron chi connectivity index (χ4n) is 2.03. The Labute approximate surface area is 106 Å². The fraction of sp³-hybridized carbons (Fsp3) is 0.750. The number of rotatable bonds is 5. The molecule has 1 fully saturated rings. The number of hydrogen-bond acceptors (Lipinski definition) is 3. The predicted octanol–water partition coefficient (Wildman–Crippen LogP) is 0.223. The van der Waals surface area contributed by atoms with E-state index >= 15 is 0 Å². The smallest absolute Gasteiger partial charge is 0.326 e. The van der Waals surface area contributed by atoms with Crippen LogP contribution in [0.3, 0.4) is 0 Å². The van der Waals surface area contributed by atoms with Crippen LogP contribution in [0.25, 0.3) is 0 Å². The highest BCUT2D eigenvalue weighted by atomic mass is 16.4. The second-order valence-electron chi connectivity index (χ2n) is 4.85. The normalized spacial score (nSPS) is 21.2. The van der Waals surface area contributed by atoms with E-state index in [-0.39, 0.29) is 24.3 Å². The van der Waals surface area contributed by atoms with Crippen LogP contribution in [-0.4, -0.2) is 46.4 Å². The third-order valence-corrected chi connectivity index (χ3v) is 3.18. The lowest BCUT2D eigenvalue weighted by atomic mass is 10.1. The van der Waals surface area contributed by atoms with Crippen molar-refractivity contribution >= 4 is 17.8 Å². The topological polar surface area (TPSA) is 86.7 Å². The van der Waals surface area contributed by atoms with Gasteiger partial charge in [0.2, 0.25) is 11.8 Å². The number of amides is 2. The summed E-state index contributed by atoms with van der Waals surface area (Å²) in [5.74, 6) is -1.88. The highest BCUT2D eigenvalue weighted by molar-refractivity contribution is 5.91. The van der Waals surface area contributed by atoms with Crippen LogP contribution in [0.1, 0.15) is 33.6 Å². The first-order valence-electron chi connectivity index (χ1n) is 6.19. The number of carboxylic acids is 1. The van der Waals surface area contributed by atoms with E-state index in [4.69, 9.17) is 5.11 Å². The third kappa shape index (κ3) is 3.21. The van der Waals surface area contributed by atoms with Crippen molar-refractivity contribution in [2.75, 3.05) is 6.54 Å². The number of carbonyl (C=O) groups is 3. The molecule has 0 aromatic heterocycles. The second-order valence-corrected chi connectivity index (χ2v) is 4.85. The summed E-state index contributed by atoms with van der Waals surface area (Å²) in [5, 5.41) is 11.3. The molecule has 1 heterocycles. The first kappa shape index (κ1) is 14.5. The summed E-state index contributed by atoms with van der Waals surface area (Å²) in [4.78, 5) is 36.0. The molecule has 0 aromatic rings. The van der Waals surface area contributed by atoms with Crippen molar-refractivity contribution in [3.8, 4) is 0 Å². The van der Waals surface area contributed by atoms with Gasteiger partial charge in [-0.1, -0.05) is 6.92 Å². The molecule has 0 bridgehead atoms. The average molecular weight is 256 g/mol. The van der Waals surface area contributed by atoms with E-state index in [1.165, 1.54) is 0 Å². The minimum Gasteiger partial charge on any atom is -0.480 e. The molecule has 6 heteroatoms. The first-order valence-corrected chi connectivity index (χ1v) is 6.19.